The summed E-state index contributed by atoms with van der Waals surface area (Å²) in [6, 6.07) is 0. The van der Waals surface area contributed by atoms with Crippen molar-refractivity contribution in [3.63, 3.8) is 0 Å². The standard InChI is InChI=1S/C10H18O6/c1-7(2)10(15-5-8(11)13-3)16-6-9(12)14-4/h7,10H,5-6H2,1-4H3. The lowest BCUT2D eigenvalue weighted by molar-refractivity contribution is -0.190. The van der Waals surface area contributed by atoms with Crippen molar-refractivity contribution in [1.82, 2.24) is 0 Å². The van der Waals surface area contributed by atoms with Gasteiger partial charge < -0.3 is 18.9 Å². The molecule has 0 N–H and O–H groups in total. The van der Waals surface area contributed by atoms with E-state index < -0.39 is 18.2 Å². The molecule has 0 saturated heterocycles. The van der Waals surface area contributed by atoms with Crippen molar-refractivity contribution in [2.45, 2.75) is 20.1 Å². The lowest BCUT2D eigenvalue weighted by atomic mass is 10.2. The Bertz CT molecular complexity index is 205. The molecule has 0 unspecified atom stereocenters. The molecule has 94 valence electrons. The van der Waals surface area contributed by atoms with Crippen molar-refractivity contribution in [2.24, 2.45) is 5.92 Å². The van der Waals surface area contributed by atoms with Gasteiger partial charge in [-0.1, -0.05) is 13.8 Å². The van der Waals surface area contributed by atoms with Crippen LogP contribution < -0.4 is 0 Å². The Balaban J connectivity index is 3.98. The van der Waals surface area contributed by atoms with Gasteiger partial charge in [0.1, 0.15) is 13.2 Å². The summed E-state index contributed by atoms with van der Waals surface area (Å²) in [5.41, 5.74) is 0. The molecular formula is C10H18O6. The molecule has 0 radical (unpaired) electrons. The summed E-state index contributed by atoms with van der Waals surface area (Å²) >= 11 is 0. The summed E-state index contributed by atoms with van der Waals surface area (Å²) in [5, 5.41) is 0. The van der Waals surface area contributed by atoms with Crippen LogP contribution in [-0.4, -0.2) is 45.7 Å². The van der Waals surface area contributed by atoms with E-state index in [2.05, 4.69) is 9.47 Å². The first kappa shape index (κ1) is 14.9. The number of esters is 2. The minimum atomic E-state index is -0.641. The Kier molecular flexibility index (Phi) is 7.49. The number of hydrogen-bond donors (Lipinski definition) is 0. The van der Waals surface area contributed by atoms with E-state index in [4.69, 9.17) is 9.47 Å². The predicted molar refractivity (Wildman–Crippen MR) is 54.6 cm³/mol. The number of ether oxygens (including phenoxy) is 4. The first-order chi connectivity index (χ1) is 7.51. The fraction of sp³-hybridized carbons (Fsp3) is 0.800. The molecule has 0 aliphatic carbocycles. The first-order valence-corrected chi connectivity index (χ1v) is 4.88. The van der Waals surface area contributed by atoms with Crippen LogP contribution in [0.1, 0.15) is 13.8 Å². The minimum absolute atomic E-state index is 0.00862. The largest absolute Gasteiger partial charge is 0.467 e. The van der Waals surface area contributed by atoms with Gasteiger partial charge in [0.05, 0.1) is 14.2 Å². The average molecular weight is 234 g/mol. The number of hydrogen-bond acceptors (Lipinski definition) is 6. The Morgan fingerprint density at radius 3 is 1.56 bits per heavy atom. The minimum Gasteiger partial charge on any atom is -0.467 e. The van der Waals surface area contributed by atoms with E-state index in [1.807, 2.05) is 13.8 Å². The lowest BCUT2D eigenvalue weighted by Gasteiger charge is -2.20. The van der Waals surface area contributed by atoms with Gasteiger partial charge in [0.2, 0.25) is 0 Å². The van der Waals surface area contributed by atoms with Crippen molar-refractivity contribution in [3.8, 4) is 0 Å². The molecule has 0 heterocycles. The van der Waals surface area contributed by atoms with Crippen LogP contribution in [0.5, 0.6) is 0 Å². The van der Waals surface area contributed by atoms with Crippen molar-refractivity contribution >= 4 is 11.9 Å². The predicted octanol–water partition coefficient (Wildman–Crippen LogP) is 0.348. The van der Waals surface area contributed by atoms with Crippen LogP contribution in [0.25, 0.3) is 0 Å². The Morgan fingerprint density at radius 2 is 1.31 bits per heavy atom. The Morgan fingerprint density at radius 1 is 0.938 bits per heavy atom. The normalized spacial score (nSPS) is 10.6. The van der Waals surface area contributed by atoms with Crippen molar-refractivity contribution in [2.75, 3.05) is 27.4 Å². The van der Waals surface area contributed by atoms with Crippen LogP contribution in [0.4, 0.5) is 0 Å². The third kappa shape index (κ3) is 6.36. The van der Waals surface area contributed by atoms with E-state index in [1.165, 1.54) is 14.2 Å². The smallest absolute Gasteiger partial charge is 0.331 e. The molecule has 0 aliphatic heterocycles. The number of rotatable bonds is 7. The molecule has 0 aliphatic rings. The summed E-state index contributed by atoms with van der Waals surface area (Å²) in [4.78, 5) is 21.7. The van der Waals surface area contributed by atoms with Gasteiger partial charge in [-0.2, -0.15) is 0 Å². The zero-order valence-corrected chi connectivity index (χ0v) is 10.0. The first-order valence-electron chi connectivity index (χ1n) is 4.88. The van der Waals surface area contributed by atoms with E-state index in [1.54, 1.807) is 0 Å². The highest BCUT2D eigenvalue weighted by Gasteiger charge is 2.18. The summed E-state index contributed by atoms with van der Waals surface area (Å²) in [6.07, 6.45) is -0.641. The molecule has 0 atom stereocenters. The third-order valence-corrected chi connectivity index (χ3v) is 1.73. The highest BCUT2D eigenvalue weighted by molar-refractivity contribution is 5.70. The molecular weight excluding hydrogens is 216 g/mol. The second-order valence-electron chi connectivity index (χ2n) is 3.39. The zero-order chi connectivity index (χ0) is 12.6. The van der Waals surface area contributed by atoms with E-state index >= 15 is 0 Å². The molecule has 0 aromatic rings. The number of methoxy groups -OCH3 is 2. The maximum Gasteiger partial charge on any atom is 0.331 e. The van der Waals surface area contributed by atoms with Gasteiger partial charge in [0.15, 0.2) is 6.29 Å². The van der Waals surface area contributed by atoms with Crippen LogP contribution in [0.2, 0.25) is 0 Å². The molecule has 0 fully saturated rings. The fourth-order valence-electron chi connectivity index (χ4n) is 0.851. The van der Waals surface area contributed by atoms with Crippen LogP contribution in [-0.2, 0) is 28.5 Å². The summed E-state index contributed by atoms with van der Waals surface area (Å²) in [5.74, 6) is -0.978. The molecule has 6 nitrogen and oxygen atoms in total. The van der Waals surface area contributed by atoms with E-state index in [0.29, 0.717) is 0 Å². The third-order valence-electron chi connectivity index (χ3n) is 1.73. The fourth-order valence-corrected chi connectivity index (χ4v) is 0.851. The van der Waals surface area contributed by atoms with Gasteiger partial charge in [-0.25, -0.2) is 9.59 Å². The van der Waals surface area contributed by atoms with Gasteiger partial charge >= 0.3 is 11.9 Å². The van der Waals surface area contributed by atoms with Gasteiger partial charge in [-0.15, -0.1) is 0 Å². The Hall–Kier alpha value is -1.14. The van der Waals surface area contributed by atoms with Crippen LogP contribution in [0, 0.1) is 5.92 Å². The summed E-state index contributed by atoms with van der Waals surface area (Å²) in [6.45, 7) is 3.28. The molecule has 0 aromatic carbocycles. The highest BCUT2D eigenvalue weighted by atomic mass is 16.7. The molecule has 0 amide bonds. The maximum absolute atomic E-state index is 10.8. The van der Waals surface area contributed by atoms with Gasteiger partial charge in [-0.05, 0) is 0 Å². The monoisotopic (exact) mass is 234 g/mol. The van der Waals surface area contributed by atoms with E-state index in [9.17, 15) is 9.59 Å². The Labute approximate surface area is 94.8 Å². The van der Waals surface area contributed by atoms with Gasteiger partial charge in [0, 0.05) is 5.92 Å². The number of carbonyl (C=O) groups excluding carboxylic acids is 2. The molecule has 0 bridgehead atoms. The van der Waals surface area contributed by atoms with Crippen molar-refractivity contribution in [1.29, 1.82) is 0 Å². The van der Waals surface area contributed by atoms with E-state index in [0.717, 1.165) is 0 Å². The molecule has 0 rings (SSSR count). The SMILES string of the molecule is COC(=O)COC(OCC(=O)OC)C(C)C. The van der Waals surface area contributed by atoms with Gasteiger partial charge in [-0.3, -0.25) is 0 Å². The average Bonchev–Trinajstić information content (AvgIpc) is 2.27. The van der Waals surface area contributed by atoms with Crippen LogP contribution >= 0.6 is 0 Å². The summed E-state index contributed by atoms with van der Waals surface area (Å²) in [7, 11) is 2.54. The second-order valence-corrected chi connectivity index (χ2v) is 3.39. The molecule has 0 saturated carbocycles. The van der Waals surface area contributed by atoms with Crippen molar-refractivity contribution < 1.29 is 28.5 Å². The quantitative estimate of drug-likeness (QED) is 0.467. The second kappa shape index (κ2) is 8.06. The molecule has 0 aromatic heterocycles. The summed E-state index contributed by atoms with van der Waals surface area (Å²) < 4.78 is 19.1. The highest BCUT2D eigenvalue weighted by Crippen LogP contribution is 2.08. The van der Waals surface area contributed by atoms with Crippen LogP contribution in [0.3, 0.4) is 0 Å². The molecule has 16 heavy (non-hydrogen) atoms. The zero-order valence-electron chi connectivity index (χ0n) is 10.0. The number of carbonyl (C=O) groups is 2. The molecule has 0 spiro atoms. The van der Waals surface area contributed by atoms with Gasteiger partial charge in [0.25, 0.3) is 0 Å². The van der Waals surface area contributed by atoms with E-state index in [-0.39, 0.29) is 19.1 Å². The maximum atomic E-state index is 10.8. The van der Waals surface area contributed by atoms with Crippen molar-refractivity contribution in [3.05, 3.63) is 0 Å². The van der Waals surface area contributed by atoms with Crippen LogP contribution in [0.15, 0.2) is 0 Å². The molecule has 6 heteroatoms. The lowest BCUT2D eigenvalue weighted by Crippen LogP contribution is -2.29. The topological polar surface area (TPSA) is 71.1 Å².